The number of carbonyl (C=O) groups is 2. The number of halogens is 1. The Labute approximate surface area is 174 Å². The Balaban J connectivity index is 1.44. The largest absolute Gasteiger partial charge is 0.482 e. The number of carbonyl (C=O) groups excluding carboxylic acids is 2. The molecule has 2 heterocycles. The van der Waals surface area contributed by atoms with Crippen molar-refractivity contribution in [3.63, 3.8) is 0 Å². The molecular weight excluding hydrogens is 396 g/mol. The molecule has 29 heavy (non-hydrogen) atoms. The summed E-state index contributed by atoms with van der Waals surface area (Å²) >= 11 is 6.54. The van der Waals surface area contributed by atoms with Crippen LogP contribution in [0.1, 0.15) is 37.7 Å². The summed E-state index contributed by atoms with van der Waals surface area (Å²) in [5, 5.41) is 12.5. The Morgan fingerprint density at radius 2 is 2.10 bits per heavy atom. The monoisotopic (exact) mass is 420 g/mol. The molecule has 2 aliphatic heterocycles. The van der Waals surface area contributed by atoms with Crippen LogP contribution in [0.5, 0.6) is 5.75 Å². The van der Waals surface area contributed by atoms with E-state index in [0.29, 0.717) is 35.5 Å². The predicted octanol–water partition coefficient (Wildman–Crippen LogP) is 1.81. The number of hydrogen-bond acceptors (Lipinski definition) is 6. The Kier molecular flexibility index (Phi) is 5.91. The zero-order chi connectivity index (χ0) is 20.4. The highest BCUT2D eigenvalue weighted by Crippen LogP contribution is 2.38. The zero-order valence-corrected chi connectivity index (χ0v) is 17.0. The second kappa shape index (κ2) is 8.59. The topological polar surface area (TPSA) is 94.5 Å². The molecule has 2 N–H and O–H groups in total. The van der Waals surface area contributed by atoms with Crippen molar-refractivity contribution >= 4 is 35.1 Å². The number of aliphatic imine (C=N–C) groups is 1. The highest BCUT2D eigenvalue weighted by molar-refractivity contribution is 6.33. The van der Waals surface area contributed by atoms with E-state index < -0.39 is 0 Å². The number of nitrogens with zero attached hydrogens (tertiary/aromatic N) is 3. The third-order valence-electron chi connectivity index (χ3n) is 5.67. The van der Waals surface area contributed by atoms with Gasteiger partial charge >= 0.3 is 0 Å². The smallest absolute Gasteiger partial charge is 0.260 e. The second-order valence-corrected chi connectivity index (χ2v) is 7.98. The molecule has 4 rings (SSSR count). The summed E-state index contributed by atoms with van der Waals surface area (Å²) < 4.78 is 5.76. The number of aliphatic hydroxyl groups is 1. The van der Waals surface area contributed by atoms with E-state index in [2.05, 4.69) is 10.3 Å². The minimum Gasteiger partial charge on any atom is -0.482 e. The minimum absolute atomic E-state index is 0.0647. The van der Waals surface area contributed by atoms with Crippen LogP contribution < -0.4 is 10.1 Å². The van der Waals surface area contributed by atoms with Crippen molar-refractivity contribution in [1.82, 2.24) is 15.1 Å². The molecule has 2 fully saturated rings. The van der Waals surface area contributed by atoms with Crippen molar-refractivity contribution in [2.75, 3.05) is 26.3 Å². The van der Waals surface area contributed by atoms with Gasteiger partial charge < -0.3 is 19.6 Å². The summed E-state index contributed by atoms with van der Waals surface area (Å²) in [6, 6.07) is 3.64. The van der Waals surface area contributed by atoms with Crippen LogP contribution in [0.2, 0.25) is 5.02 Å². The number of guanidine groups is 1. The Morgan fingerprint density at radius 3 is 2.86 bits per heavy atom. The van der Waals surface area contributed by atoms with Crippen LogP contribution in [-0.2, 0) is 16.1 Å². The van der Waals surface area contributed by atoms with Crippen molar-refractivity contribution < 1.29 is 19.4 Å². The van der Waals surface area contributed by atoms with E-state index in [1.807, 2.05) is 4.90 Å². The third-order valence-corrected chi connectivity index (χ3v) is 6.09. The van der Waals surface area contributed by atoms with E-state index in [9.17, 15) is 14.7 Å². The molecular formula is C20H25ClN4O4. The van der Waals surface area contributed by atoms with Crippen molar-refractivity contribution in [2.24, 2.45) is 4.99 Å². The molecule has 0 unspecified atom stereocenters. The predicted molar refractivity (Wildman–Crippen MR) is 108 cm³/mol. The molecule has 156 valence electrons. The summed E-state index contributed by atoms with van der Waals surface area (Å²) in [4.78, 5) is 32.3. The van der Waals surface area contributed by atoms with E-state index in [1.165, 1.54) is 6.42 Å². The minimum atomic E-state index is -0.144. The van der Waals surface area contributed by atoms with Crippen LogP contribution >= 0.6 is 11.6 Å². The van der Waals surface area contributed by atoms with E-state index in [-0.39, 0.29) is 37.6 Å². The molecule has 9 heteroatoms. The standard InChI is InChI=1S/C20H25ClN4O4/c21-19-14-10-24-11-17(27)23-20(24)22-15(14)6-7-16(19)29-12-18(28)25(8-9-26)13-4-2-1-3-5-13/h6-7,13,26H,1-5,8-12H2,(H,22,23,27). The molecule has 1 aromatic rings. The number of fused-ring (bicyclic) bond motifs is 2. The normalized spacial score (nSPS) is 18.6. The Hall–Kier alpha value is -2.32. The number of hydrogen-bond donors (Lipinski definition) is 2. The average molecular weight is 421 g/mol. The van der Waals surface area contributed by atoms with Gasteiger partial charge in [-0.1, -0.05) is 30.9 Å². The number of ether oxygens (including phenoxy) is 1. The van der Waals surface area contributed by atoms with E-state index >= 15 is 0 Å². The van der Waals surface area contributed by atoms with Gasteiger partial charge in [0.25, 0.3) is 5.91 Å². The molecule has 0 atom stereocenters. The highest BCUT2D eigenvalue weighted by atomic mass is 35.5. The van der Waals surface area contributed by atoms with Crippen LogP contribution in [-0.4, -0.2) is 65.0 Å². The summed E-state index contributed by atoms with van der Waals surface area (Å²) in [7, 11) is 0. The maximum Gasteiger partial charge on any atom is 0.260 e. The Morgan fingerprint density at radius 1 is 1.31 bits per heavy atom. The van der Waals surface area contributed by atoms with Gasteiger partial charge in [0.2, 0.25) is 11.9 Å². The number of amides is 2. The van der Waals surface area contributed by atoms with Gasteiger partial charge in [-0.05, 0) is 25.0 Å². The lowest BCUT2D eigenvalue weighted by Crippen LogP contribution is -2.45. The first kappa shape index (κ1) is 20.0. The summed E-state index contributed by atoms with van der Waals surface area (Å²) in [5.74, 6) is 0.717. The molecule has 8 nitrogen and oxygen atoms in total. The molecule has 1 aliphatic carbocycles. The number of aliphatic hydroxyl groups excluding tert-OH is 1. The maximum atomic E-state index is 12.8. The Bertz CT molecular complexity index is 838. The van der Waals surface area contributed by atoms with Gasteiger partial charge in [-0.2, -0.15) is 0 Å². The average Bonchev–Trinajstić information content (AvgIpc) is 3.09. The van der Waals surface area contributed by atoms with Gasteiger partial charge in [-0.15, -0.1) is 0 Å². The first-order valence-corrected chi connectivity index (χ1v) is 10.4. The first-order valence-electron chi connectivity index (χ1n) is 10.0. The van der Waals surface area contributed by atoms with E-state index in [0.717, 1.165) is 31.2 Å². The van der Waals surface area contributed by atoms with Crippen LogP contribution in [0.3, 0.4) is 0 Å². The zero-order valence-electron chi connectivity index (χ0n) is 16.2. The fourth-order valence-corrected chi connectivity index (χ4v) is 4.49. The summed E-state index contributed by atoms with van der Waals surface area (Å²) in [5.41, 5.74) is 1.46. The van der Waals surface area contributed by atoms with Crippen LogP contribution in [0.4, 0.5) is 5.69 Å². The second-order valence-electron chi connectivity index (χ2n) is 7.61. The fourth-order valence-electron chi connectivity index (χ4n) is 4.22. The van der Waals surface area contributed by atoms with Crippen molar-refractivity contribution in [2.45, 2.75) is 44.7 Å². The van der Waals surface area contributed by atoms with Gasteiger partial charge in [-0.3, -0.25) is 14.9 Å². The van der Waals surface area contributed by atoms with Crippen molar-refractivity contribution in [3.8, 4) is 5.75 Å². The molecule has 1 aromatic carbocycles. The number of rotatable bonds is 6. The highest BCUT2D eigenvalue weighted by Gasteiger charge is 2.31. The molecule has 2 amide bonds. The lowest BCUT2D eigenvalue weighted by atomic mass is 9.94. The SMILES string of the molecule is O=C1CN2Cc3c(ccc(OCC(=O)N(CCO)C4CCCCC4)c3Cl)N=C2N1. The quantitative estimate of drug-likeness (QED) is 0.731. The summed E-state index contributed by atoms with van der Waals surface area (Å²) in [6.07, 6.45) is 5.34. The molecule has 1 saturated carbocycles. The number of benzene rings is 1. The lowest BCUT2D eigenvalue weighted by Gasteiger charge is -2.34. The number of nitrogens with one attached hydrogen (secondary N) is 1. The molecule has 0 aromatic heterocycles. The van der Waals surface area contributed by atoms with Gasteiger partial charge in [0.05, 0.1) is 23.9 Å². The molecule has 1 saturated heterocycles. The van der Waals surface area contributed by atoms with Gasteiger partial charge in [0, 0.05) is 18.2 Å². The maximum absolute atomic E-state index is 12.8. The van der Waals surface area contributed by atoms with Gasteiger partial charge in [0.1, 0.15) is 12.3 Å². The molecule has 3 aliphatic rings. The third kappa shape index (κ3) is 4.18. The van der Waals surface area contributed by atoms with Crippen LogP contribution in [0.25, 0.3) is 0 Å². The van der Waals surface area contributed by atoms with Crippen LogP contribution in [0.15, 0.2) is 17.1 Å². The van der Waals surface area contributed by atoms with E-state index in [1.54, 1.807) is 17.0 Å². The summed E-state index contributed by atoms with van der Waals surface area (Å²) in [6.45, 7) is 0.821. The fraction of sp³-hybridized carbons (Fsp3) is 0.550. The molecule has 0 bridgehead atoms. The van der Waals surface area contributed by atoms with Gasteiger partial charge in [0.15, 0.2) is 6.61 Å². The molecule has 0 radical (unpaired) electrons. The lowest BCUT2D eigenvalue weighted by molar-refractivity contribution is -0.137. The van der Waals surface area contributed by atoms with E-state index in [4.69, 9.17) is 16.3 Å². The molecule has 0 spiro atoms. The van der Waals surface area contributed by atoms with Gasteiger partial charge in [-0.25, -0.2) is 4.99 Å². The van der Waals surface area contributed by atoms with Crippen LogP contribution in [0, 0.1) is 0 Å². The van der Waals surface area contributed by atoms with Crippen molar-refractivity contribution in [3.05, 3.63) is 22.7 Å². The van der Waals surface area contributed by atoms with Crippen molar-refractivity contribution in [1.29, 1.82) is 0 Å². The first-order chi connectivity index (χ1) is 14.1.